The summed E-state index contributed by atoms with van der Waals surface area (Å²) in [5.41, 5.74) is 0. The Labute approximate surface area is 150 Å². The molecule has 2 rings (SSSR count). The van der Waals surface area contributed by atoms with E-state index >= 15 is 0 Å². The highest BCUT2D eigenvalue weighted by atomic mass is 32.1. The number of thiophene rings is 1. The standard InChI is InChI=1S/C18H32N4OS/c1-3-4-5-6-9-20-18(19-2)21-15-16(17-8-7-14-24-17)22-10-12-23-13-11-22/h7-8,14,16H,3-6,9-13,15H2,1-2H3,(H2,19,20,21). The first-order valence-corrected chi connectivity index (χ1v) is 10.0. The molecular formula is C18H32N4OS. The lowest BCUT2D eigenvalue weighted by Gasteiger charge is -2.34. The second-order valence-corrected chi connectivity index (χ2v) is 7.10. The molecule has 24 heavy (non-hydrogen) atoms. The lowest BCUT2D eigenvalue weighted by atomic mass is 10.2. The van der Waals surface area contributed by atoms with Gasteiger partial charge in [-0.2, -0.15) is 0 Å². The van der Waals surface area contributed by atoms with Gasteiger partial charge in [0, 0.05) is 38.1 Å². The molecule has 0 saturated carbocycles. The van der Waals surface area contributed by atoms with Crippen molar-refractivity contribution in [1.82, 2.24) is 15.5 Å². The highest BCUT2D eigenvalue weighted by Gasteiger charge is 2.23. The third-order valence-electron chi connectivity index (χ3n) is 4.37. The number of rotatable bonds is 9. The van der Waals surface area contributed by atoms with Crippen LogP contribution in [0.5, 0.6) is 0 Å². The van der Waals surface area contributed by atoms with Crippen LogP contribution in [0.25, 0.3) is 0 Å². The maximum absolute atomic E-state index is 5.50. The van der Waals surface area contributed by atoms with E-state index in [0.29, 0.717) is 6.04 Å². The van der Waals surface area contributed by atoms with E-state index in [-0.39, 0.29) is 0 Å². The average Bonchev–Trinajstić information content (AvgIpc) is 3.15. The Bertz CT molecular complexity index is 458. The number of nitrogens with zero attached hydrogens (tertiary/aromatic N) is 2. The van der Waals surface area contributed by atoms with Gasteiger partial charge in [0.15, 0.2) is 5.96 Å². The first-order valence-electron chi connectivity index (χ1n) is 9.15. The topological polar surface area (TPSA) is 48.9 Å². The van der Waals surface area contributed by atoms with Crippen LogP contribution in [0.4, 0.5) is 0 Å². The molecule has 2 heterocycles. The minimum atomic E-state index is 0.382. The van der Waals surface area contributed by atoms with E-state index in [4.69, 9.17) is 4.74 Å². The number of aliphatic imine (C=N–C) groups is 1. The van der Waals surface area contributed by atoms with Crippen LogP contribution in [0.15, 0.2) is 22.5 Å². The fourth-order valence-corrected chi connectivity index (χ4v) is 3.81. The quantitative estimate of drug-likeness (QED) is 0.408. The molecule has 1 unspecified atom stereocenters. The molecule has 1 fully saturated rings. The molecule has 5 nitrogen and oxygen atoms in total. The molecular weight excluding hydrogens is 320 g/mol. The van der Waals surface area contributed by atoms with Crippen molar-refractivity contribution in [3.05, 3.63) is 22.4 Å². The van der Waals surface area contributed by atoms with Gasteiger partial charge < -0.3 is 15.4 Å². The molecule has 6 heteroatoms. The van der Waals surface area contributed by atoms with Gasteiger partial charge in [0.05, 0.1) is 19.3 Å². The molecule has 0 spiro atoms. The van der Waals surface area contributed by atoms with Gasteiger partial charge in [-0.15, -0.1) is 11.3 Å². The van der Waals surface area contributed by atoms with Crippen molar-refractivity contribution < 1.29 is 4.74 Å². The van der Waals surface area contributed by atoms with Gasteiger partial charge in [0.2, 0.25) is 0 Å². The molecule has 1 atom stereocenters. The number of nitrogens with one attached hydrogen (secondary N) is 2. The average molecular weight is 353 g/mol. The third-order valence-corrected chi connectivity index (χ3v) is 5.34. The van der Waals surface area contributed by atoms with Crippen LogP contribution in [0.3, 0.4) is 0 Å². The van der Waals surface area contributed by atoms with Gasteiger partial charge in [-0.05, 0) is 17.9 Å². The van der Waals surface area contributed by atoms with Gasteiger partial charge in [-0.1, -0.05) is 32.3 Å². The van der Waals surface area contributed by atoms with E-state index in [2.05, 4.69) is 45.0 Å². The van der Waals surface area contributed by atoms with E-state index < -0.39 is 0 Å². The summed E-state index contributed by atoms with van der Waals surface area (Å²) < 4.78 is 5.50. The molecule has 1 saturated heterocycles. The molecule has 1 aromatic heterocycles. The summed E-state index contributed by atoms with van der Waals surface area (Å²) in [4.78, 5) is 8.28. The number of guanidine groups is 1. The summed E-state index contributed by atoms with van der Waals surface area (Å²) in [6, 6.07) is 4.74. The van der Waals surface area contributed by atoms with Crippen LogP contribution < -0.4 is 10.6 Å². The van der Waals surface area contributed by atoms with Crippen molar-refractivity contribution >= 4 is 17.3 Å². The van der Waals surface area contributed by atoms with Gasteiger partial charge in [-0.25, -0.2) is 0 Å². The van der Waals surface area contributed by atoms with Crippen LogP contribution >= 0.6 is 11.3 Å². The molecule has 0 aliphatic carbocycles. The van der Waals surface area contributed by atoms with Crippen molar-refractivity contribution in [3.63, 3.8) is 0 Å². The predicted molar refractivity (Wildman–Crippen MR) is 103 cm³/mol. The number of hydrogen-bond acceptors (Lipinski definition) is 4. The Balaban J connectivity index is 1.82. The summed E-state index contributed by atoms with van der Waals surface area (Å²) in [6.07, 6.45) is 5.07. The van der Waals surface area contributed by atoms with Crippen LogP contribution in [0, 0.1) is 0 Å². The number of morpholine rings is 1. The summed E-state index contributed by atoms with van der Waals surface area (Å²) in [5.74, 6) is 0.904. The second-order valence-electron chi connectivity index (χ2n) is 6.12. The minimum absolute atomic E-state index is 0.382. The highest BCUT2D eigenvalue weighted by Crippen LogP contribution is 2.25. The zero-order valence-electron chi connectivity index (χ0n) is 15.1. The Hall–Kier alpha value is -1.11. The Morgan fingerprint density at radius 1 is 1.29 bits per heavy atom. The van der Waals surface area contributed by atoms with Crippen LogP contribution in [0.2, 0.25) is 0 Å². The van der Waals surface area contributed by atoms with Gasteiger partial charge >= 0.3 is 0 Å². The van der Waals surface area contributed by atoms with E-state index in [1.165, 1.54) is 30.6 Å². The zero-order chi connectivity index (χ0) is 17.0. The molecule has 0 amide bonds. The molecule has 1 aromatic rings. The molecule has 0 bridgehead atoms. The molecule has 0 aromatic carbocycles. The van der Waals surface area contributed by atoms with Gasteiger partial charge in [0.25, 0.3) is 0 Å². The van der Waals surface area contributed by atoms with Crippen molar-refractivity contribution in [2.75, 3.05) is 46.4 Å². The Kier molecular flexibility index (Phi) is 9.16. The van der Waals surface area contributed by atoms with E-state index in [1.54, 1.807) is 0 Å². The fraction of sp³-hybridized carbons (Fsp3) is 0.722. The summed E-state index contributed by atoms with van der Waals surface area (Å²) in [6.45, 7) is 7.74. The first-order chi connectivity index (χ1) is 11.8. The van der Waals surface area contributed by atoms with Crippen LogP contribution in [-0.2, 0) is 4.74 Å². The largest absolute Gasteiger partial charge is 0.379 e. The summed E-state index contributed by atoms with van der Waals surface area (Å²) >= 11 is 1.83. The number of ether oxygens (including phenoxy) is 1. The molecule has 1 aliphatic rings. The fourth-order valence-electron chi connectivity index (χ4n) is 2.95. The normalized spacial score (nSPS) is 17.7. The SMILES string of the molecule is CCCCCCNC(=NC)NCC(c1cccs1)N1CCOCC1. The monoisotopic (exact) mass is 352 g/mol. The van der Waals surface area contributed by atoms with E-state index in [1.807, 2.05) is 18.4 Å². The second kappa shape index (κ2) is 11.4. The summed E-state index contributed by atoms with van der Waals surface area (Å²) in [7, 11) is 1.84. The van der Waals surface area contributed by atoms with Crippen LogP contribution in [0.1, 0.15) is 43.5 Å². The third kappa shape index (κ3) is 6.42. The molecule has 2 N–H and O–H groups in total. The lowest BCUT2D eigenvalue weighted by molar-refractivity contribution is 0.0177. The Morgan fingerprint density at radius 3 is 2.79 bits per heavy atom. The van der Waals surface area contributed by atoms with E-state index in [0.717, 1.165) is 45.4 Å². The minimum Gasteiger partial charge on any atom is -0.379 e. The zero-order valence-corrected chi connectivity index (χ0v) is 15.9. The van der Waals surface area contributed by atoms with Gasteiger partial charge in [0.1, 0.15) is 0 Å². The van der Waals surface area contributed by atoms with Crippen LogP contribution in [-0.4, -0.2) is 57.3 Å². The highest BCUT2D eigenvalue weighted by molar-refractivity contribution is 7.10. The van der Waals surface area contributed by atoms with Crippen molar-refractivity contribution in [3.8, 4) is 0 Å². The smallest absolute Gasteiger partial charge is 0.191 e. The lowest BCUT2D eigenvalue weighted by Crippen LogP contribution is -2.46. The molecule has 136 valence electrons. The first kappa shape index (κ1) is 19.2. The Morgan fingerprint density at radius 2 is 2.12 bits per heavy atom. The van der Waals surface area contributed by atoms with Crippen molar-refractivity contribution in [2.45, 2.75) is 38.6 Å². The maximum Gasteiger partial charge on any atom is 0.191 e. The van der Waals surface area contributed by atoms with Gasteiger partial charge in [-0.3, -0.25) is 9.89 Å². The van der Waals surface area contributed by atoms with E-state index in [9.17, 15) is 0 Å². The molecule has 0 radical (unpaired) electrons. The predicted octanol–water partition coefficient (Wildman–Crippen LogP) is 2.87. The molecule has 1 aliphatic heterocycles. The number of unbranched alkanes of at least 4 members (excludes halogenated alkanes) is 3. The summed E-state index contributed by atoms with van der Waals surface area (Å²) in [5, 5.41) is 9.10. The van der Waals surface area contributed by atoms with Crippen molar-refractivity contribution in [1.29, 1.82) is 0 Å². The maximum atomic E-state index is 5.50. The number of hydrogen-bond donors (Lipinski definition) is 2. The van der Waals surface area contributed by atoms with Crippen molar-refractivity contribution in [2.24, 2.45) is 4.99 Å².